The van der Waals surface area contributed by atoms with Gasteiger partial charge in [-0.2, -0.15) is 0 Å². The third-order valence-electron chi connectivity index (χ3n) is 3.17. The molecule has 1 atom stereocenters. The molecule has 2 rings (SSSR count). The van der Waals surface area contributed by atoms with Gasteiger partial charge in [-0.1, -0.05) is 44.2 Å². The molecular formula is C17H19BrFN. The summed E-state index contributed by atoms with van der Waals surface area (Å²) < 4.78 is 13.8. The Balaban J connectivity index is 2.21. The van der Waals surface area contributed by atoms with Crippen LogP contribution in [0.4, 0.5) is 10.1 Å². The fourth-order valence-electron chi connectivity index (χ4n) is 2.22. The lowest BCUT2D eigenvalue weighted by Crippen LogP contribution is -2.13. The zero-order chi connectivity index (χ0) is 14.5. The lowest BCUT2D eigenvalue weighted by molar-refractivity contribution is 0.531. The van der Waals surface area contributed by atoms with Gasteiger partial charge in [0.15, 0.2) is 0 Å². The largest absolute Gasteiger partial charge is 0.378 e. The molecule has 0 aliphatic rings. The Morgan fingerprint density at radius 3 is 2.40 bits per heavy atom. The summed E-state index contributed by atoms with van der Waals surface area (Å²) in [6.45, 7) is 4.41. The molecule has 0 radical (unpaired) electrons. The molecular weight excluding hydrogens is 317 g/mol. The Bertz CT molecular complexity index is 554. The minimum absolute atomic E-state index is 0.230. The van der Waals surface area contributed by atoms with Crippen molar-refractivity contribution in [3.63, 3.8) is 0 Å². The number of nitrogens with one attached hydrogen (secondary N) is 1. The second-order valence-corrected chi connectivity index (χ2v) is 6.22. The summed E-state index contributed by atoms with van der Waals surface area (Å²) in [5.41, 5.74) is 2.18. The highest BCUT2D eigenvalue weighted by Gasteiger charge is 2.13. The van der Waals surface area contributed by atoms with Gasteiger partial charge in [-0.3, -0.25) is 0 Å². The highest BCUT2D eigenvalue weighted by Crippen LogP contribution is 2.28. The van der Waals surface area contributed by atoms with Crippen molar-refractivity contribution < 1.29 is 4.39 Å². The van der Waals surface area contributed by atoms with Crippen molar-refractivity contribution in [2.75, 3.05) is 5.32 Å². The lowest BCUT2D eigenvalue weighted by Gasteiger charge is -2.22. The van der Waals surface area contributed by atoms with Crippen LogP contribution in [0.5, 0.6) is 0 Å². The minimum atomic E-state index is -0.240. The number of rotatable bonds is 5. The van der Waals surface area contributed by atoms with Crippen LogP contribution >= 0.6 is 15.9 Å². The standard InChI is InChI=1S/C17H19BrFN/c1-12(2)10-17(13-6-4-3-5-7-13)20-14-8-9-16(19)15(18)11-14/h3-9,11-12,17,20H,10H2,1-2H3. The number of benzene rings is 2. The Hall–Kier alpha value is -1.35. The van der Waals surface area contributed by atoms with Crippen LogP contribution in [0.1, 0.15) is 31.9 Å². The molecule has 106 valence electrons. The van der Waals surface area contributed by atoms with Crippen molar-refractivity contribution in [3.8, 4) is 0 Å². The predicted octanol–water partition coefficient (Wildman–Crippen LogP) is 5.79. The maximum atomic E-state index is 13.3. The van der Waals surface area contributed by atoms with Crippen molar-refractivity contribution >= 4 is 21.6 Å². The summed E-state index contributed by atoms with van der Waals surface area (Å²) >= 11 is 3.23. The first-order valence-electron chi connectivity index (χ1n) is 6.83. The quantitative estimate of drug-likeness (QED) is 0.729. The van der Waals surface area contributed by atoms with E-state index in [-0.39, 0.29) is 11.9 Å². The van der Waals surface area contributed by atoms with Crippen molar-refractivity contribution in [1.82, 2.24) is 0 Å². The number of hydrogen-bond donors (Lipinski definition) is 1. The van der Waals surface area contributed by atoms with E-state index in [4.69, 9.17) is 0 Å². The van der Waals surface area contributed by atoms with Gasteiger partial charge in [0.1, 0.15) is 5.82 Å². The van der Waals surface area contributed by atoms with Gasteiger partial charge in [0, 0.05) is 5.69 Å². The van der Waals surface area contributed by atoms with Crippen LogP contribution < -0.4 is 5.32 Å². The summed E-state index contributed by atoms with van der Waals surface area (Å²) in [5.74, 6) is 0.340. The van der Waals surface area contributed by atoms with Crippen LogP contribution in [-0.4, -0.2) is 0 Å². The molecule has 0 spiro atoms. The zero-order valence-electron chi connectivity index (χ0n) is 11.7. The maximum absolute atomic E-state index is 13.3. The molecule has 3 heteroatoms. The summed E-state index contributed by atoms with van der Waals surface area (Å²) in [6, 6.07) is 15.6. The van der Waals surface area contributed by atoms with Gasteiger partial charge in [0.25, 0.3) is 0 Å². The highest BCUT2D eigenvalue weighted by atomic mass is 79.9. The van der Waals surface area contributed by atoms with Crippen LogP contribution in [0.15, 0.2) is 53.0 Å². The first-order valence-corrected chi connectivity index (χ1v) is 7.62. The molecule has 0 fully saturated rings. The van der Waals surface area contributed by atoms with E-state index in [2.05, 4.69) is 47.2 Å². The molecule has 0 heterocycles. The monoisotopic (exact) mass is 335 g/mol. The van der Waals surface area contributed by atoms with E-state index in [9.17, 15) is 4.39 Å². The number of anilines is 1. The molecule has 0 bridgehead atoms. The van der Waals surface area contributed by atoms with Crippen LogP contribution in [0, 0.1) is 11.7 Å². The van der Waals surface area contributed by atoms with E-state index < -0.39 is 0 Å². The van der Waals surface area contributed by atoms with E-state index in [1.54, 1.807) is 12.1 Å². The molecule has 1 N–H and O–H groups in total. The summed E-state index contributed by atoms with van der Waals surface area (Å²) in [4.78, 5) is 0. The molecule has 2 aromatic rings. The summed E-state index contributed by atoms with van der Waals surface area (Å²) in [5, 5.41) is 3.50. The highest BCUT2D eigenvalue weighted by molar-refractivity contribution is 9.10. The Morgan fingerprint density at radius 1 is 1.10 bits per heavy atom. The van der Waals surface area contributed by atoms with Crippen LogP contribution in [0.3, 0.4) is 0 Å². The van der Waals surface area contributed by atoms with Crippen LogP contribution in [0.2, 0.25) is 0 Å². The molecule has 0 aliphatic carbocycles. The van der Waals surface area contributed by atoms with Gasteiger partial charge >= 0.3 is 0 Å². The first kappa shape index (κ1) is 15.0. The molecule has 0 aliphatic heterocycles. The first-order chi connectivity index (χ1) is 9.56. The minimum Gasteiger partial charge on any atom is -0.378 e. The Morgan fingerprint density at radius 2 is 1.80 bits per heavy atom. The number of hydrogen-bond acceptors (Lipinski definition) is 1. The lowest BCUT2D eigenvalue weighted by atomic mass is 9.97. The molecule has 0 saturated carbocycles. The van der Waals surface area contributed by atoms with Crippen LogP contribution in [0.25, 0.3) is 0 Å². The van der Waals surface area contributed by atoms with Gasteiger partial charge in [-0.15, -0.1) is 0 Å². The van der Waals surface area contributed by atoms with Crippen molar-refractivity contribution in [1.29, 1.82) is 0 Å². The maximum Gasteiger partial charge on any atom is 0.137 e. The molecule has 1 nitrogen and oxygen atoms in total. The van der Waals surface area contributed by atoms with Crippen LogP contribution in [-0.2, 0) is 0 Å². The molecule has 2 aromatic carbocycles. The van der Waals surface area contributed by atoms with Gasteiger partial charge < -0.3 is 5.32 Å². The fourth-order valence-corrected chi connectivity index (χ4v) is 2.60. The topological polar surface area (TPSA) is 12.0 Å². The van der Waals surface area contributed by atoms with Crippen molar-refractivity contribution in [2.24, 2.45) is 5.92 Å². The summed E-state index contributed by atoms with van der Waals surface area (Å²) in [6.07, 6.45) is 1.03. The summed E-state index contributed by atoms with van der Waals surface area (Å²) in [7, 11) is 0. The predicted molar refractivity (Wildman–Crippen MR) is 86.4 cm³/mol. The fraction of sp³-hybridized carbons (Fsp3) is 0.294. The van der Waals surface area contributed by atoms with Crippen molar-refractivity contribution in [3.05, 3.63) is 64.4 Å². The third kappa shape index (κ3) is 4.07. The Labute approximate surface area is 128 Å². The molecule has 0 aromatic heterocycles. The van der Waals surface area contributed by atoms with E-state index in [0.29, 0.717) is 10.4 Å². The second-order valence-electron chi connectivity index (χ2n) is 5.37. The number of halogens is 2. The van der Waals surface area contributed by atoms with E-state index in [1.165, 1.54) is 11.6 Å². The zero-order valence-corrected chi connectivity index (χ0v) is 13.3. The van der Waals surface area contributed by atoms with Gasteiger partial charge in [-0.05, 0) is 52.0 Å². The smallest absolute Gasteiger partial charge is 0.137 e. The van der Waals surface area contributed by atoms with Crippen molar-refractivity contribution in [2.45, 2.75) is 26.3 Å². The molecule has 1 unspecified atom stereocenters. The Kier molecular flexibility index (Phi) is 5.18. The molecule has 0 saturated heterocycles. The van der Waals surface area contributed by atoms with Gasteiger partial charge in [0.2, 0.25) is 0 Å². The SMILES string of the molecule is CC(C)CC(Nc1ccc(F)c(Br)c1)c1ccccc1. The second kappa shape index (κ2) is 6.89. The van der Waals surface area contributed by atoms with E-state index >= 15 is 0 Å². The normalized spacial score (nSPS) is 12.4. The van der Waals surface area contributed by atoms with E-state index in [0.717, 1.165) is 12.1 Å². The van der Waals surface area contributed by atoms with E-state index in [1.807, 2.05) is 18.2 Å². The molecule has 20 heavy (non-hydrogen) atoms. The van der Waals surface area contributed by atoms with Gasteiger partial charge in [-0.25, -0.2) is 4.39 Å². The third-order valence-corrected chi connectivity index (χ3v) is 3.78. The molecule has 0 amide bonds. The average Bonchev–Trinajstić information content (AvgIpc) is 2.43. The average molecular weight is 336 g/mol. The van der Waals surface area contributed by atoms with Gasteiger partial charge in [0.05, 0.1) is 10.5 Å².